The molecule has 0 radical (unpaired) electrons. The first-order valence-electron chi connectivity index (χ1n) is 7.46. The molecule has 7 heteroatoms. The molecule has 1 heterocycles. The predicted molar refractivity (Wildman–Crippen MR) is 92.7 cm³/mol. The maximum absolute atomic E-state index is 13.2. The summed E-state index contributed by atoms with van der Waals surface area (Å²) in [5.74, 6) is 0.662. The molecule has 1 amide bonds. The van der Waals surface area contributed by atoms with Crippen LogP contribution in [0.4, 0.5) is 21.7 Å². The van der Waals surface area contributed by atoms with E-state index in [0.717, 1.165) is 0 Å². The van der Waals surface area contributed by atoms with E-state index in [1.54, 1.807) is 48.5 Å². The lowest BCUT2D eigenvalue weighted by Gasteiger charge is -2.07. The summed E-state index contributed by atoms with van der Waals surface area (Å²) in [4.78, 5) is 12.2. The zero-order valence-corrected chi connectivity index (χ0v) is 13.4. The molecule has 25 heavy (non-hydrogen) atoms. The Bertz CT molecular complexity index is 884. The number of carbonyl (C=O) groups is 1. The molecular weight excluding hydrogens is 323 g/mol. The molecule has 0 fully saturated rings. The van der Waals surface area contributed by atoms with Crippen molar-refractivity contribution in [2.45, 2.75) is 0 Å². The van der Waals surface area contributed by atoms with Gasteiger partial charge in [0.1, 0.15) is 11.6 Å². The number of benzene rings is 2. The molecule has 126 valence electrons. The maximum Gasteiger partial charge on any atom is 0.256 e. The van der Waals surface area contributed by atoms with Crippen LogP contribution < -0.4 is 15.4 Å². The molecule has 2 aromatic carbocycles. The topological polar surface area (TPSA) is 76.1 Å². The van der Waals surface area contributed by atoms with Crippen LogP contribution in [0.25, 0.3) is 0 Å². The number of hydrogen-bond acceptors (Lipinski definition) is 5. The molecule has 0 spiro atoms. The van der Waals surface area contributed by atoms with Crippen molar-refractivity contribution < 1.29 is 13.9 Å². The number of halogens is 1. The largest absolute Gasteiger partial charge is 0.497 e. The standard InChI is InChI=1S/C18H15FN4O2/c1-25-15-7-2-4-12(10-15)18(24)21-17-9-8-16(22-23-17)20-14-6-3-5-13(19)11-14/h2-11H,1H3,(H,20,22)(H,21,23,24). The first kappa shape index (κ1) is 16.4. The van der Waals surface area contributed by atoms with Gasteiger partial charge >= 0.3 is 0 Å². The second kappa shape index (κ2) is 7.39. The molecule has 1 aromatic heterocycles. The van der Waals surface area contributed by atoms with Gasteiger partial charge in [-0.25, -0.2) is 4.39 Å². The first-order valence-corrected chi connectivity index (χ1v) is 7.46. The Kier molecular flexibility index (Phi) is 4.84. The SMILES string of the molecule is COc1cccc(C(=O)Nc2ccc(Nc3cccc(F)c3)nn2)c1. The van der Waals surface area contributed by atoms with Gasteiger partial charge in [-0.2, -0.15) is 0 Å². The Morgan fingerprint density at radius 1 is 1.00 bits per heavy atom. The van der Waals surface area contributed by atoms with Crippen LogP contribution in [0.15, 0.2) is 60.7 Å². The molecule has 0 aliphatic rings. The minimum absolute atomic E-state index is 0.303. The van der Waals surface area contributed by atoms with E-state index >= 15 is 0 Å². The number of nitrogens with zero attached hydrogens (tertiary/aromatic N) is 2. The van der Waals surface area contributed by atoms with Gasteiger partial charge in [-0.3, -0.25) is 4.79 Å². The Morgan fingerprint density at radius 2 is 1.76 bits per heavy atom. The predicted octanol–water partition coefficient (Wildman–Crippen LogP) is 3.62. The van der Waals surface area contributed by atoms with Gasteiger partial charge in [-0.15, -0.1) is 10.2 Å². The number of anilines is 3. The van der Waals surface area contributed by atoms with Crippen LogP contribution in [-0.4, -0.2) is 23.2 Å². The summed E-state index contributed by atoms with van der Waals surface area (Å²) < 4.78 is 18.3. The van der Waals surface area contributed by atoms with E-state index < -0.39 is 0 Å². The van der Waals surface area contributed by atoms with E-state index in [-0.39, 0.29) is 11.7 Å². The van der Waals surface area contributed by atoms with E-state index in [1.165, 1.54) is 19.2 Å². The van der Waals surface area contributed by atoms with Crippen LogP contribution in [0.5, 0.6) is 5.75 Å². The first-order chi connectivity index (χ1) is 12.1. The number of nitrogens with one attached hydrogen (secondary N) is 2. The summed E-state index contributed by atoms with van der Waals surface area (Å²) in [5, 5.41) is 13.5. The Balaban J connectivity index is 1.66. The summed E-state index contributed by atoms with van der Waals surface area (Å²) >= 11 is 0. The fourth-order valence-corrected chi connectivity index (χ4v) is 2.13. The quantitative estimate of drug-likeness (QED) is 0.743. The zero-order valence-electron chi connectivity index (χ0n) is 13.4. The number of aromatic nitrogens is 2. The highest BCUT2D eigenvalue weighted by molar-refractivity contribution is 6.03. The Labute approximate surface area is 143 Å². The number of rotatable bonds is 5. The van der Waals surface area contributed by atoms with E-state index in [4.69, 9.17) is 4.74 Å². The summed E-state index contributed by atoms with van der Waals surface area (Å²) in [7, 11) is 1.53. The minimum Gasteiger partial charge on any atom is -0.497 e. The highest BCUT2D eigenvalue weighted by atomic mass is 19.1. The van der Waals surface area contributed by atoms with E-state index in [0.29, 0.717) is 28.6 Å². The van der Waals surface area contributed by atoms with E-state index in [9.17, 15) is 9.18 Å². The number of methoxy groups -OCH3 is 1. The van der Waals surface area contributed by atoms with Gasteiger partial charge in [-0.05, 0) is 48.5 Å². The van der Waals surface area contributed by atoms with Crippen LogP contribution in [0.2, 0.25) is 0 Å². The molecule has 6 nitrogen and oxygen atoms in total. The molecule has 0 atom stereocenters. The fourth-order valence-electron chi connectivity index (χ4n) is 2.13. The second-order valence-corrected chi connectivity index (χ2v) is 5.13. The van der Waals surface area contributed by atoms with Crippen molar-refractivity contribution in [3.05, 3.63) is 72.0 Å². The molecule has 0 aliphatic carbocycles. The van der Waals surface area contributed by atoms with Crippen LogP contribution in [-0.2, 0) is 0 Å². The Morgan fingerprint density at radius 3 is 2.48 bits per heavy atom. The van der Waals surface area contributed by atoms with Crippen LogP contribution in [0, 0.1) is 5.82 Å². The molecule has 3 rings (SSSR count). The highest BCUT2D eigenvalue weighted by Gasteiger charge is 2.08. The monoisotopic (exact) mass is 338 g/mol. The second-order valence-electron chi connectivity index (χ2n) is 5.13. The van der Waals surface area contributed by atoms with Crippen molar-refractivity contribution in [3.8, 4) is 5.75 Å². The molecule has 2 N–H and O–H groups in total. The third-order valence-electron chi connectivity index (χ3n) is 3.34. The molecule has 0 unspecified atom stereocenters. The molecule has 0 aliphatic heterocycles. The lowest BCUT2D eigenvalue weighted by Crippen LogP contribution is -2.13. The van der Waals surface area contributed by atoms with Crippen molar-refractivity contribution in [1.29, 1.82) is 0 Å². The van der Waals surface area contributed by atoms with Gasteiger partial charge in [0.25, 0.3) is 5.91 Å². The maximum atomic E-state index is 13.2. The summed E-state index contributed by atoms with van der Waals surface area (Å²) in [6.07, 6.45) is 0. The summed E-state index contributed by atoms with van der Waals surface area (Å²) in [6, 6.07) is 16.0. The van der Waals surface area contributed by atoms with Crippen LogP contribution in [0.3, 0.4) is 0 Å². The van der Waals surface area contributed by atoms with Crippen molar-refractivity contribution in [2.24, 2.45) is 0 Å². The molecule has 3 aromatic rings. The van der Waals surface area contributed by atoms with Crippen molar-refractivity contribution in [3.63, 3.8) is 0 Å². The minimum atomic E-state index is -0.347. The molecule has 0 saturated carbocycles. The van der Waals surface area contributed by atoms with E-state index in [1.807, 2.05) is 0 Å². The van der Waals surface area contributed by atoms with Gasteiger partial charge in [0.2, 0.25) is 0 Å². The molecular formula is C18H15FN4O2. The lowest BCUT2D eigenvalue weighted by atomic mass is 10.2. The van der Waals surface area contributed by atoms with Crippen LogP contribution in [0.1, 0.15) is 10.4 Å². The van der Waals surface area contributed by atoms with Gasteiger partial charge in [0.05, 0.1) is 7.11 Å². The van der Waals surface area contributed by atoms with Gasteiger partial charge in [0, 0.05) is 11.3 Å². The highest BCUT2D eigenvalue weighted by Crippen LogP contribution is 2.17. The summed E-state index contributed by atoms with van der Waals surface area (Å²) in [6.45, 7) is 0. The Hall–Kier alpha value is -3.48. The third-order valence-corrected chi connectivity index (χ3v) is 3.34. The van der Waals surface area contributed by atoms with Gasteiger partial charge < -0.3 is 15.4 Å². The average Bonchev–Trinajstić information content (AvgIpc) is 2.63. The van der Waals surface area contributed by atoms with Gasteiger partial charge in [0.15, 0.2) is 11.6 Å². The summed E-state index contributed by atoms with van der Waals surface area (Å²) in [5.41, 5.74) is 1.01. The van der Waals surface area contributed by atoms with Crippen molar-refractivity contribution >= 4 is 23.2 Å². The normalized spacial score (nSPS) is 10.2. The van der Waals surface area contributed by atoms with Crippen molar-refractivity contribution in [2.75, 3.05) is 17.7 Å². The van der Waals surface area contributed by atoms with Crippen molar-refractivity contribution in [1.82, 2.24) is 10.2 Å². The molecule has 0 saturated heterocycles. The average molecular weight is 338 g/mol. The van der Waals surface area contributed by atoms with E-state index in [2.05, 4.69) is 20.8 Å². The molecule has 0 bridgehead atoms. The lowest BCUT2D eigenvalue weighted by molar-refractivity contribution is 0.102. The number of carbonyl (C=O) groups excluding carboxylic acids is 1. The number of hydrogen-bond donors (Lipinski definition) is 2. The zero-order chi connectivity index (χ0) is 17.6. The van der Waals surface area contributed by atoms with Crippen LogP contribution >= 0.6 is 0 Å². The third kappa shape index (κ3) is 4.29. The number of ether oxygens (including phenoxy) is 1. The van der Waals surface area contributed by atoms with Gasteiger partial charge in [-0.1, -0.05) is 12.1 Å². The number of amides is 1. The smallest absolute Gasteiger partial charge is 0.256 e. The fraction of sp³-hybridized carbons (Fsp3) is 0.0556.